The normalized spacial score (nSPS) is 11.2. The summed E-state index contributed by atoms with van der Waals surface area (Å²) in [5.41, 5.74) is 0.457. The first kappa shape index (κ1) is 12.7. The lowest BCUT2D eigenvalue weighted by Crippen LogP contribution is -2.26. The Labute approximate surface area is 96.4 Å². The van der Waals surface area contributed by atoms with Gasteiger partial charge < -0.3 is 9.47 Å². The van der Waals surface area contributed by atoms with E-state index in [2.05, 4.69) is 0 Å². The maximum Gasteiger partial charge on any atom is 0.332 e. The van der Waals surface area contributed by atoms with E-state index in [4.69, 9.17) is 9.47 Å². The zero-order valence-electron chi connectivity index (χ0n) is 9.90. The summed E-state index contributed by atoms with van der Waals surface area (Å²) in [7, 11) is 0. The van der Waals surface area contributed by atoms with Gasteiger partial charge in [-0.3, -0.25) is 0 Å². The molecule has 1 aromatic carbocycles. The van der Waals surface area contributed by atoms with Gasteiger partial charge in [0.15, 0.2) is 0 Å². The Morgan fingerprint density at radius 3 is 2.44 bits per heavy atom. The van der Waals surface area contributed by atoms with Crippen molar-refractivity contribution in [2.24, 2.45) is 0 Å². The van der Waals surface area contributed by atoms with Gasteiger partial charge in [0.2, 0.25) is 0 Å². The van der Waals surface area contributed by atoms with Gasteiger partial charge in [0.05, 0.1) is 0 Å². The number of esters is 1. The Balaban J connectivity index is 2.24. The minimum absolute atomic E-state index is 0.0633. The van der Waals surface area contributed by atoms with Crippen molar-refractivity contribution < 1.29 is 14.3 Å². The summed E-state index contributed by atoms with van der Waals surface area (Å²) < 4.78 is 10.2. The SMILES string of the molecule is CC(C)(C)OC(=O)CO[CH]c1ccccc1. The maximum absolute atomic E-state index is 11.3. The van der Waals surface area contributed by atoms with E-state index in [0.717, 1.165) is 5.56 Å². The molecule has 0 amide bonds. The van der Waals surface area contributed by atoms with E-state index in [-0.39, 0.29) is 12.6 Å². The molecule has 16 heavy (non-hydrogen) atoms. The smallest absolute Gasteiger partial charge is 0.332 e. The molecule has 0 aromatic heterocycles. The van der Waals surface area contributed by atoms with E-state index in [0.29, 0.717) is 0 Å². The van der Waals surface area contributed by atoms with Crippen molar-refractivity contribution in [3.05, 3.63) is 42.5 Å². The monoisotopic (exact) mass is 221 g/mol. The van der Waals surface area contributed by atoms with Gasteiger partial charge in [-0.1, -0.05) is 30.3 Å². The molecule has 0 heterocycles. The van der Waals surface area contributed by atoms with E-state index in [1.165, 1.54) is 0 Å². The number of rotatable bonds is 4. The quantitative estimate of drug-likeness (QED) is 0.733. The second-order valence-corrected chi connectivity index (χ2v) is 4.43. The van der Waals surface area contributed by atoms with Crippen molar-refractivity contribution in [1.82, 2.24) is 0 Å². The van der Waals surface area contributed by atoms with Crippen LogP contribution in [-0.2, 0) is 14.3 Å². The molecule has 0 atom stereocenters. The Hall–Kier alpha value is -1.35. The van der Waals surface area contributed by atoms with Crippen LogP contribution >= 0.6 is 0 Å². The fourth-order valence-electron chi connectivity index (χ4n) is 1.11. The standard InChI is InChI=1S/C13H17O3/c1-13(2,3)16-12(14)10-15-9-11-7-5-4-6-8-11/h4-9H,10H2,1-3H3. The summed E-state index contributed by atoms with van der Waals surface area (Å²) in [5, 5.41) is 0. The average Bonchev–Trinajstić information content (AvgIpc) is 2.16. The third-order valence-electron chi connectivity index (χ3n) is 1.64. The van der Waals surface area contributed by atoms with Gasteiger partial charge in [-0.2, -0.15) is 0 Å². The van der Waals surface area contributed by atoms with Crippen molar-refractivity contribution in [3.8, 4) is 0 Å². The minimum atomic E-state index is -0.465. The van der Waals surface area contributed by atoms with E-state index in [1.807, 2.05) is 51.1 Å². The highest BCUT2D eigenvalue weighted by atomic mass is 16.6. The first-order chi connectivity index (χ1) is 7.47. The number of hydrogen-bond donors (Lipinski definition) is 0. The molecule has 0 saturated heterocycles. The van der Waals surface area contributed by atoms with E-state index in [1.54, 1.807) is 6.61 Å². The number of ether oxygens (including phenoxy) is 2. The second kappa shape index (κ2) is 5.66. The predicted octanol–water partition coefficient (Wildman–Crippen LogP) is 2.55. The molecule has 1 radical (unpaired) electrons. The molecule has 3 nitrogen and oxygen atoms in total. The van der Waals surface area contributed by atoms with Crippen LogP contribution in [0.25, 0.3) is 0 Å². The molecule has 87 valence electrons. The predicted molar refractivity (Wildman–Crippen MR) is 61.6 cm³/mol. The zero-order valence-corrected chi connectivity index (χ0v) is 9.90. The van der Waals surface area contributed by atoms with Gasteiger partial charge in [-0.25, -0.2) is 4.79 Å². The van der Waals surface area contributed by atoms with Gasteiger partial charge >= 0.3 is 5.97 Å². The molecule has 1 aromatic rings. The molecule has 0 saturated carbocycles. The van der Waals surface area contributed by atoms with Crippen LogP contribution in [0.15, 0.2) is 30.3 Å². The summed E-state index contributed by atoms with van der Waals surface area (Å²) in [6.45, 7) is 6.96. The van der Waals surface area contributed by atoms with Crippen LogP contribution in [-0.4, -0.2) is 18.2 Å². The molecular formula is C13H17O3. The maximum atomic E-state index is 11.3. The van der Waals surface area contributed by atoms with Crippen molar-refractivity contribution in [2.45, 2.75) is 26.4 Å². The number of hydrogen-bond acceptors (Lipinski definition) is 3. The zero-order chi connectivity index (χ0) is 12.0. The van der Waals surface area contributed by atoms with Gasteiger partial charge in [0, 0.05) is 0 Å². The molecule has 0 bridgehead atoms. The molecule has 0 unspecified atom stereocenters. The van der Waals surface area contributed by atoms with Crippen LogP contribution in [0.2, 0.25) is 0 Å². The fourth-order valence-corrected chi connectivity index (χ4v) is 1.11. The molecule has 0 N–H and O–H groups in total. The molecule has 3 heteroatoms. The lowest BCUT2D eigenvalue weighted by atomic mass is 10.2. The minimum Gasteiger partial charge on any atom is -0.458 e. The molecule has 0 spiro atoms. The lowest BCUT2D eigenvalue weighted by molar-refractivity contribution is -0.158. The van der Waals surface area contributed by atoms with E-state index < -0.39 is 5.60 Å². The van der Waals surface area contributed by atoms with Crippen LogP contribution in [0.3, 0.4) is 0 Å². The highest BCUT2D eigenvalue weighted by Gasteiger charge is 2.15. The number of carbonyl (C=O) groups excluding carboxylic acids is 1. The molecule has 0 aliphatic carbocycles. The lowest BCUT2D eigenvalue weighted by Gasteiger charge is -2.19. The molecule has 0 aliphatic rings. The van der Waals surface area contributed by atoms with Gasteiger partial charge in [-0.05, 0) is 26.3 Å². The molecule has 0 fully saturated rings. The number of carbonyl (C=O) groups is 1. The Bertz CT molecular complexity index is 325. The van der Waals surface area contributed by atoms with Crippen molar-refractivity contribution in [2.75, 3.05) is 6.61 Å². The number of benzene rings is 1. The van der Waals surface area contributed by atoms with Gasteiger partial charge in [0.1, 0.15) is 18.8 Å². The Morgan fingerprint density at radius 2 is 1.88 bits per heavy atom. The van der Waals surface area contributed by atoms with Crippen LogP contribution in [0.4, 0.5) is 0 Å². The van der Waals surface area contributed by atoms with Crippen molar-refractivity contribution in [1.29, 1.82) is 0 Å². The van der Waals surface area contributed by atoms with Gasteiger partial charge in [-0.15, -0.1) is 0 Å². The van der Waals surface area contributed by atoms with E-state index >= 15 is 0 Å². The Kier molecular flexibility index (Phi) is 4.50. The van der Waals surface area contributed by atoms with E-state index in [9.17, 15) is 4.79 Å². The largest absolute Gasteiger partial charge is 0.458 e. The van der Waals surface area contributed by atoms with Crippen LogP contribution in [0, 0.1) is 6.61 Å². The Morgan fingerprint density at radius 1 is 1.25 bits per heavy atom. The summed E-state index contributed by atoms with van der Waals surface area (Å²) in [6, 6.07) is 9.53. The molecule has 1 rings (SSSR count). The van der Waals surface area contributed by atoms with Crippen LogP contribution in [0.5, 0.6) is 0 Å². The highest BCUT2D eigenvalue weighted by Crippen LogP contribution is 2.08. The topological polar surface area (TPSA) is 35.5 Å². The fraction of sp³-hybridized carbons (Fsp3) is 0.385. The summed E-state index contributed by atoms with van der Waals surface area (Å²) in [5.74, 6) is -0.361. The van der Waals surface area contributed by atoms with Crippen molar-refractivity contribution >= 4 is 5.97 Å². The third-order valence-corrected chi connectivity index (χ3v) is 1.64. The molecule has 0 aliphatic heterocycles. The average molecular weight is 221 g/mol. The van der Waals surface area contributed by atoms with Crippen LogP contribution < -0.4 is 0 Å². The molecular weight excluding hydrogens is 204 g/mol. The highest BCUT2D eigenvalue weighted by molar-refractivity contribution is 5.71. The summed E-state index contributed by atoms with van der Waals surface area (Å²) in [6.07, 6.45) is 0. The first-order valence-corrected chi connectivity index (χ1v) is 5.19. The summed E-state index contributed by atoms with van der Waals surface area (Å²) >= 11 is 0. The van der Waals surface area contributed by atoms with Crippen molar-refractivity contribution in [3.63, 3.8) is 0 Å². The first-order valence-electron chi connectivity index (χ1n) is 5.19. The third kappa shape index (κ3) is 5.51. The van der Waals surface area contributed by atoms with Crippen LogP contribution in [0.1, 0.15) is 26.3 Å². The second-order valence-electron chi connectivity index (χ2n) is 4.43. The summed E-state index contributed by atoms with van der Waals surface area (Å²) in [4.78, 5) is 11.3. The van der Waals surface area contributed by atoms with Gasteiger partial charge in [0.25, 0.3) is 0 Å².